The lowest BCUT2D eigenvalue weighted by molar-refractivity contribution is -0.121. The third kappa shape index (κ3) is 4.11. The standard InChI is InChI=1S/C18H20N2O3.ClH/c1-12(14-6-8-16-17(10-14)23-11-22-16)20-18(21)9-7-13-4-2-3-5-15(13)19;/h2-6,8,10,12H,7,9,11,19H2,1H3,(H,20,21);1H. The first-order chi connectivity index (χ1) is 11.1. The number of anilines is 1. The molecule has 0 spiro atoms. The van der Waals surface area contributed by atoms with Gasteiger partial charge in [-0.2, -0.15) is 0 Å². The van der Waals surface area contributed by atoms with Crippen LogP contribution in [0.1, 0.15) is 30.5 Å². The van der Waals surface area contributed by atoms with Gasteiger partial charge in [0.05, 0.1) is 6.04 Å². The second-order valence-electron chi connectivity index (χ2n) is 5.60. The molecule has 128 valence electrons. The van der Waals surface area contributed by atoms with Crippen molar-refractivity contribution in [1.82, 2.24) is 5.32 Å². The van der Waals surface area contributed by atoms with Gasteiger partial charge in [-0.3, -0.25) is 4.79 Å². The van der Waals surface area contributed by atoms with Crippen LogP contribution in [0.4, 0.5) is 5.69 Å². The minimum absolute atomic E-state index is 0. The zero-order valence-corrected chi connectivity index (χ0v) is 14.3. The van der Waals surface area contributed by atoms with Crippen LogP contribution in [0, 0.1) is 0 Å². The van der Waals surface area contributed by atoms with Crippen molar-refractivity contribution in [1.29, 1.82) is 0 Å². The first-order valence-corrected chi connectivity index (χ1v) is 7.66. The Morgan fingerprint density at radius 3 is 2.75 bits per heavy atom. The van der Waals surface area contributed by atoms with E-state index in [1.807, 2.05) is 49.4 Å². The normalized spacial score (nSPS) is 13.0. The van der Waals surface area contributed by atoms with E-state index in [1.165, 1.54) is 0 Å². The largest absolute Gasteiger partial charge is 0.454 e. The van der Waals surface area contributed by atoms with E-state index in [1.54, 1.807) is 0 Å². The number of para-hydroxylation sites is 1. The van der Waals surface area contributed by atoms with E-state index >= 15 is 0 Å². The van der Waals surface area contributed by atoms with Gasteiger partial charge in [0.15, 0.2) is 11.5 Å². The highest BCUT2D eigenvalue weighted by Gasteiger charge is 2.16. The molecule has 3 rings (SSSR count). The Morgan fingerprint density at radius 2 is 1.96 bits per heavy atom. The Labute approximate surface area is 147 Å². The van der Waals surface area contributed by atoms with Crippen LogP contribution in [0.3, 0.4) is 0 Å². The van der Waals surface area contributed by atoms with Crippen LogP contribution in [-0.2, 0) is 11.2 Å². The Bertz CT molecular complexity index is 721. The number of amides is 1. The molecule has 2 aromatic carbocycles. The predicted octanol–water partition coefficient (Wildman–Crippen LogP) is 3.23. The number of nitrogen functional groups attached to an aromatic ring is 1. The molecule has 1 unspecified atom stereocenters. The first kappa shape index (κ1) is 17.9. The molecular weight excluding hydrogens is 328 g/mol. The summed E-state index contributed by atoms with van der Waals surface area (Å²) >= 11 is 0. The van der Waals surface area contributed by atoms with E-state index in [-0.39, 0.29) is 31.1 Å². The molecule has 0 saturated carbocycles. The zero-order valence-electron chi connectivity index (χ0n) is 13.5. The monoisotopic (exact) mass is 348 g/mol. The summed E-state index contributed by atoms with van der Waals surface area (Å²) < 4.78 is 10.7. The average Bonchev–Trinajstić information content (AvgIpc) is 3.01. The molecule has 1 amide bonds. The van der Waals surface area contributed by atoms with Gasteiger partial charge in [0.2, 0.25) is 12.7 Å². The maximum atomic E-state index is 12.1. The molecule has 0 radical (unpaired) electrons. The van der Waals surface area contributed by atoms with Crippen LogP contribution in [0.25, 0.3) is 0 Å². The summed E-state index contributed by atoms with van der Waals surface area (Å²) in [6, 6.07) is 13.2. The van der Waals surface area contributed by atoms with Crippen LogP contribution < -0.4 is 20.5 Å². The average molecular weight is 349 g/mol. The summed E-state index contributed by atoms with van der Waals surface area (Å²) in [4.78, 5) is 12.1. The van der Waals surface area contributed by atoms with E-state index in [2.05, 4.69) is 5.32 Å². The molecule has 24 heavy (non-hydrogen) atoms. The summed E-state index contributed by atoms with van der Waals surface area (Å²) in [5.74, 6) is 1.46. The van der Waals surface area contributed by atoms with Gasteiger partial charge in [0.1, 0.15) is 0 Å². The van der Waals surface area contributed by atoms with Crippen molar-refractivity contribution in [2.45, 2.75) is 25.8 Å². The number of benzene rings is 2. The maximum Gasteiger partial charge on any atom is 0.231 e. The smallest absolute Gasteiger partial charge is 0.231 e. The Hall–Kier alpha value is -2.40. The van der Waals surface area contributed by atoms with E-state index in [4.69, 9.17) is 15.2 Å². The molecule has 3 N–H and O–H groups in total. The van der Waals surface area contributed by atoms with Gasteiger partial charge in [-0.1, -0.05) is 24.3 Å². The number of carbonyl (C=O) groups is 1. The molecule has 6 heteroatoms. The van der Waals surface area contributed by atoms with Crippen LogP contribution in [0.15, 0.2) is 42.5 Å². The van der Waals surface area contributed by atoms with Crippen molar-refractivity contribution in [2.75, 3.05) is 12.5 Å². The molecule has 1 atom stereocenters. The van der Waals surface area contributed by atoms with E-state index in [0.717, 1.165) is 28.3 Å². The third-order valence-corrected chi connectivity index (χ3v) is 3.95. The summed E-state index contributed by atoms with van der Waals surface area (Å²) in [6.45, 7) is 2.20. The number of fused-ring (bicyclic) bond motifs is 1. The lowest BCUT2D eigenvalue weighted by atomic mass is 10.1. The first-order valence-electron chi connectivity index (χ1n) is 7.66. The molecule has 5 nitrogen and oxygen atoms in total. The number of nitrogens with one attached hydrogen (secondary N) is 1. The van der Waals surface area contributed by atoms with Crippen LogP contribution >= 0.6 is 12.4 Å². The minimum atomic E-state index is -0.0925. The number of rotatable bonds is 5. The van der Waals surface area contributed by atoms with Crippen molar-refractivity contribution in [3.05, 3.63) is 53.6 Å². The molecule has 0 fully saturated rings. The van der Waals surface area contributed by atoms with E-state index < -0.39 is 0 Å². The summed E-state index contributed by atoms with van der Waals surface area (Å²) in [5, 5.41) is 3.00. The van der Waals surface area contributed by atoms with E-state index in [9.17, 15) is 4.79 Å². The van der Waals surface area contributed by atoms with Gasteiger partial charge >= 0.3 is 0 Å². The fourth-order valence-electron chi connectivity index (χ4n) is 2.59. The second kappa shape index (κ2) is 7.93. The molecule has 1 aliphatic heterocycles. The number of aryl methyl sites for hydroxylation is 1. The zero-order chi connectivity index (χ0) is 16.2. The Balaban J connectivity index is 0.00000208. The number of hydrogen-bond donors (Lipinski definition) is 2. The molecule has 1 heterocycles. The topological polar surface area (TPSA) is 73.6 Å². The van der Waals surface area contributed by atoms with Crippen LogP contribution in [-0.4, -0.2) is 12.7 Å². The van der Waals surface area contributed by atoms with Crippen molar-refractivity contribution >= 4 is 24.0 Å². The fraction of sp³-hybridized carbons (Fsp3) is 0.278. The summed E-state index contributed by atoms with van der Waals surface area (Å²) in [7, 11) is 0. The van der Waals surface area contributed by atoms with Crippen molar-refractivity contribution < 1.29 is 14.3 Å². The van der Waals surface area contributed by atoms with Crippen molar-refractivity contribution in [2.24, 2.45) is 0 Å². The molecule has 0 aliphatic carbocycles. The molecule has 0 saturated heterocycles. The number of hydrogen-bond acceptors (Lipinski definition) is 4. The van der Waals surface area contributed by atoms with Gasteiger partial charge in [-0.15, -0.1) is 12.4 Å². The maximum absolute atomic E-state index is 12.1. The number of halogens is 1. The predicted molar refractivity (Wildman–Crippen MR) is 95.5 cm³/mol. The highest BCUT2D eigenvalue weighted by Crippen LogP contribution is 2.34. The SMILES string of the molecule is CC(NC(=O)CCc1ccccc1N)c1ccc2c(c1)OCO2.Cl. The van der Waals surface area contributed by atoms with Gasteiger partial charge in [0, 0.05) is 12.1 Å². The quantitative estimate of drug-likeness (QED) is 0.813. The molecular formula is C18H21ClN2O3. The highest BCUT2D eigenvalue weighted by molar-refractivity contribution is 5.85. The van der Waals surface area contributed by atoms with Crippen molar-refractivity contribution in [3.63, 3.8) is 0 Å². The van der Waals surface area contributed by atoms with Gasteiger partial charge in [-0.25, -0.2) is 0 Å². The second-order valence-corrected chi connectivity index (χ2v) is 5.60. The Kier molecular flexibility index (Phi) is 5.93. The number of ether oxygens (including phenoxy) is 2. The minimum Gasteiger partial charge on any atom is -0.454 e. The van der Waals surface area contributed by atoms with E-state index in [0.29, 0.717) is 12.8 Å². The van der Waals surface area contributed by atoms with Crippen molar-refractivity contribution in [3.8, 4) is 11.5 Å². The molecule has 2 aromatic rings. The van der Waals surface area contributed by atoms with Crippen LogP contribution in [0.5, 0.6) is 11.5 Å². The van der Waals surface area contributed by atoms with Gasteiger partial charge < -0.3 is 20.5 Å². The molecule has 1 aliphatic rings. The Morgan fingerprint density at radius 1 is 1.21 bits per heavy atom. The summed E-state index contributed by atoms with van der Waals surface area (Å²) in [5.41, 5.74) is 8.61. The van der Waals surface area contributed by atoms with Crippen LogP contribution in [0.2, 0.25) is 0 Å². The fourth-order valence-corrected chi connectivity index (χ4v) is 2.59. The lowest BCUT2D eigenvalue weighted by Gasteiger charge is -2.15. The number of nitrogens with two attached hydrogens (primary N) is 1. The lowest BCUT2D eigenvalue weighted by Crippen LogP contribution is -2.26. The molecule has 0 aromatic heterocycles. The van der Waals surface area contributed by atoms with Gasteiger partial charge in [0.25, 0.3) is 0 Å². The molecule has 0 bridgehead atoms. The summed E-state index contributed by atoms with van der Waals surface area (Å²) in [6.07, 6.45) is 1.04. The third-order valence-electron chi connectivity index (χ3n) is 3.95. The number of carbonyl (C=O) groups excluding carboxylic acids is 1. The van der Waals surface area contributed by atoms with Gasteiger partial charge in [-0.05, 0) is 42.7 Å². The highest BCUT2D eigenvalue weighted by atomic mass is 35.5.